The highest BCUT2D eigenvalue weighted by Gasteiger charge is 2.35. The van der Waals surface area contributed by atoms with Gasteiger partial charge in [-0.2, -0.15) is 0 Å². The topological polar surface area (TPSA) is 47.0 Å². The SMILES string of the molecule is CN1CCCCC1CN1CCN(C(=O)CC2(O)CCCC2)CC1. The van der Waals surface area contributed by atoms with Crippen molar-refractivity contribution < 1.29 is 9.90 Å². The summed E-state index contributed by atoms with van der Waals surface area (Å²) in [6.07, 6.45) is 8.05. The summed E-state index contributed by atoms with van der Waals surface area (Å²) in [6.45, 7) is 5.98. The molecule has 1 N–H and O–H groups in total. The Morgan fingerprint density at radius 2 is 1.74 bits per heavy atom. The van der Waals surface area contributed by atoms with Crippen LogP contribution in [0.2, 0.25) is 0 Å². The minimum absolute atomic E-state index is 0.156. The summed E-state index contributed by atoms with van der Waals surface area (Å²) in [5, 5.41) is 10.4. The Balaban J connectivity index is 1.42. The third-order valence-corrected chi connectivity index (χ3v) is 6.13. The first-order chi connectivity index (χ1) is 11.1. The van der Waals surface area contributed by atoms with E-state index in [0.717, 1.165) is 58.4 Å². The van der Waals surface area contributed by atoms with Gasteiger partial charge in [-0.1, -0.05) is 19.3 Å². The fourth-order valence-corrected chi connectivity index (χ4v) is 4.46. The van der Waals surface area contributed by atoms with E-state index < -0.39 is 5.60 Å². The summed E-state index contributed by atoms with van der Waals surface area (Å²) >= 11 is 0. The van der Waals surface area contributed by atoms with Crippen LogP contribution in [-0.2, 0) is 4.79 Å². The van der Waals surface area contributed by atoms with Crippen LogP contribution in [0.4, 0.5) is 0 Å². The number of hydrogen-bond donors (Lipinski definition) is 1. The van der Waals surface area contributed by atoms with Gasteiger partial charge in [-0.05, 0) is 39.3 Å². The van der Waals surface area contributed by atoms with E-state index in [1.807, 2.05) is 4.90 Å². The monoisotopic (exact) mass is 323 g/mol. The van der Waals surface area contributed by atoms with Gasteiger partial charge in [-0.25, -0.2) is 0 Å². The van der Waals surface area contributed by atoms with Crippen LogP contribution in [0.5, 0.6) is 0 Å². The van der Waals surface area contributed by atoms with E-state index in [-0.39, 0.29) is 5.91 Å². The van der Waals surface area contributed by atoms with Crippen LogP contribution in [0.25, 0.3) is 0 Å². The van der Waals surface area contributed by atoms with Gasteiger partial charge in [0.1, 0.15) is 0 Å². The van der Waals surface area contributed by atoms with Crippen LogP contribution in [-0.4, -0.2) is 83.7 Å². The number of rotatable bonds is 4. The number of carbonyl (C=O) groups is 1. The second-order valence-electron chi connectivity index (χ2n) is 7.92. The standard InChI is InChI=1S/C18H33N3O2/c1-19-9-5-2-6-16(19)15-20-10-12-21(13-11-20)17(22)14-18(23)7-3-4-8-18/h16,23H,2-15H2,1H3. The van der Waals surface area contributed by atoms with Gasteiger partial charge in [-0.15, -0.1) is 0 Å². The van der Waals surface area contributed by atoms with Gasteiger partial charge in [0.15, 0.2) is 0 Å². The first-order valence-corrected chi connectivity index (χ1v) is 9.48. The summed E-state index contributed by atoms with van der Waals surface area (Å²) in [4.78, 5) is 19.4. The normalized spacial score (nSPS) is 29.8. The molecule has 1 unspecified atom stereocenters. The maximum Gasteiger partial charge on any atom is 0.225 e. The molecule has 5 heteroatoms. The highest BCUT2D eigenvalue weighted by Crippen LogP contribution is 2.32. The molecule has 0 aromatic rings. The Morgan fingerprint density at radius 3 is 2.39 bits per heavy atom. The van der Waals surface area contributed by atoms with E-state index in [0.29, 0.717) is 12.5 Å². The fraction of sp³-hybridized carbons (Fsp3) is 0.944. The summed E-state index contributed by atoms with van der Waals surface area (Å²) in [6, 6.07) is 0.685. The average Bonchev–Trinajstić information content (AvgIpc) is 2.96. The second kappa shape index (κ2) is 7.49. The predicted octanol–water partition coefficient (Wildman–Crippen LogP) is 1.31. The third-order valence-electron chi connectivity index (χ3n) is 6.13. The van der Waals surface area contributed by atoms with Crippen molar-refractivity contribution in [1.29, 1.82) is 0 Å². The van der Waals surface area contributed by atoms with Gasteiger partial charge in [0.25, 0.3) is 0 Å². The van der Waals surface area contributed by atoms with Crippen LogP contribution in [0.15, 0.2) is 0 Å². The number of nitrogens with zero attached hydrogens (tertiary/aromatic N) is 3. The lowest BCUT2D eigenvalue weighted by Crippen LogP contribution is -2.53. The van der Waals surface area contributed by atoms with Gasteiger partial charge in [-0.3, -0.25) is 9.69 Å². The Labute approximate surface area is 140 Å². The number of amides is 1. The zero-order valence-corrected chi connectivity index (χ0v) is 14.7. The lowest BCUT2D eigenvalue weighted by atomic mass is 9.97. The molecule has 5 nitrogen and oxygen atoms in total. The van der Waals surface area contributed by atoms with Crippen molar-refractivity contribution in [1.82, 2.24) is 14.7 Å². The molecule has 2 aliphatic heterocycles. The van der Waals surface area contributed by atoms with Crippen molar-refractivity contribution in [3.8, 4) is 0 Å². The zero-order chi connectivity index (χ0) is 16.3. The summed E-state index contributed by atoms with van der Waals surface area (Å²) in [7, 11) is 2.24. The molecule has 2 heterocycles. The molecule has 1 aliphatic carbocycles. The fourth-order valence-electron chi connectivity index (χ4n) is 4.46. The van der Waals surface area contributed by atoms with E-state index in [4.69, 9.17) is 0 Å². The van der Waals surface area contributed by atoms with Crippen LogP contribution in [0, 0.1) is 0 Å². The molecule has 0 radical (unpaired) electrons. The van der Waals surface area contributed by atoms with Gasteiger partial charge in [0.2, 0.25) is 5.91 Å². The molecule has 3 aliphatic rings. The van der Waals surface area contributed by atoms with Crippen molar-refractivity contribution in [2.24, 2.45) is 0 Å². The Bertz CT molecular complexity index is 401. The van der Waals surface area contributed by atoms with Crippen molar-refractivity contribution in [3.63, 3.8) is 0 Å². The highest BCUT2D eigenvalue weighted by molar-refractivity contribution is 5.77. The molecule has 1 atom stereocenters. The van der Waals surface area contributed by atoms with Crippen molar-refractivity contribution in [3.05, 3.63) is 0 Å². The predicted molar refractivity (Wildman–Crippen MR) is 91.3 cm³/mol. The lowest BCUT2D eigenvalue weighted by Gasteiger charge is -2.40. The van der Waals surface area contributed by atoms with E-state index in [1.54, 1.807) is 0 Å². The Morgan fingerprint density at radius 1 is 1.04 bits per heavy atom. The number of piperidine rings is 1. The molecule has 0 spiro atoms. The van der Waals surface area contributed by atoms with Crippen LogP contribution < -0.4 is 0 Å². The van der Waals surface area contributed by atoms with Gasteiger partial charge < -0.3 is 14.9 Å². The minimum Gasteiger partial charge on any atom is -0.389 e. The molecule has 3 rings (SSSR count). The number of carbonyl (C=O) groups excluding carboxylic acids is 1. The molecule has 3 fully saturated rings. The average molecular weight is 323 g/mol. The molecule has 132 valence electrons. The quantitative estimate of drug-likeness (QED) is 0.847. The molecular formula is C18H33N3O2. The van der Waals surface area contributed by atoms with E-state index in [9.17, 15) is 9.90 Å². The molecule has 23 heavy (non-hydrogen) atoms. The number of likely N-dealkylation sites (N-methyl/N-ethyl adjacent to an activating group) is 1. The Hall–Kier alpha value is -0.650. The first kappa shape index (κ1) is 17.2. The number of aliphatic hydroxyl groups is 1. The largest absolute Gasteiger partial charge is 0.389 e. The van der Waals surface area contributed by atoms with Crippen molar-refractivity contribution in [2.45, 2.75) is 63.0 Å². The summed E-state index contributed by atoms with van der Waals surface area (Å²) in [5.41, 5.74) is -0.709. The maximum absolute atomic E-state index is 12.4. The lowest BCUT2D eigenvalue weighted by molar-refractivity contribution is -0.138. The highest BCUT2D eigenvalue weighted by atomic mass is 16.3. The zero-order valence-electron chi connectivity index (χ0n) is 14.7. The van der Waals surface area contributed by atoms with E-state index in [2.05, 4.69) is 16.8 Å². The molecule has 0 aromatic heterocycles. The molecule has 1 saturated carbocycles. The third kappa shape index (κ3) is 4.46. The smallest absolute Gasteiger partial charge is 0.225 e. The molecule has 0 aromatic carbocycles. The molecule has 0 bridgehead atoms. The minimum atomic E-state index is -0.709. The number of likely N-dealkylation sites (tertiary alicyclic amines) is 1. The van der Waals surface area contributed by atoms with Gasteiger partial charge in [0, 0.05) is 38.8 Å². The maximum atomic E-state index is 12.4. The van der Waals surface area contributed by atoms with E-state index >= 15 is 0 Å². The first-order valence-electron chi connectivity index (χ1n) is 9.48. The second-order valence-corrected chi connectivity index (χ2v) is 7.92. The van der Waals surface area contributed by atoms with Gasteiger partial charge in [0.05, 0.1) is 12.0 Å². The van der Waals surface area contributed by atoms with Crippen LogP contribution in [0.1, 0.15) is 51.4 Å². The molecule has 1 amide bonds. The molecule has 2 saturated heterocycles. The van der Waals surface area contributed by atoms with Gasteiger partial charge >= 0.3 is 0 Å². The van der Waals surface area contributed by atoms with Crippen LogP contribution >= 0.6 is 0 Å². The van der Waals surface area contributed by atoms with Crippen molar-refractivity contribution in [2.75, 3.05) is 46.3 Å². The van der Waals surface area contributed by atoms with Crippen molar-refractivity contribution >= 4 is 5.91 Å². The van der Waals surface area contributed by atoms with E-state index in [1.165, 1.54) is 25.8 Å². The summed E-state index contributed by atoms with van der Waals surface area (Å²) in [5.74, 6) is 0.156. The number of hydrogen-bond acceptors (Lipinski definition) is 4. The Kier molecular flexibility index (Phi) is 5.60. The molecular weight excluding hydrogens is 290 g/mol. The summed E-state index contributed by atoms with van der Waals surface area (Å²) < 4.78 is 0. The number of piperazine rings is 1. The van der Waals surface area contributed by atoms with Crippen LogP contribution in [0.3, 0.4) is 0 Å².